The normalized spacial score (nSPS) is 13.4. The Balaban J connectivity index is 1.73. The molecule has 0 aliphatic heterocycles. The Morgan fingerprint density at radius 3 is 2.69 bits per heavy atom. The van der Waals surface area contributed by atoms with Gasteiger partial charge in [0.1, 0.15) is 16.7 Å². The van der Waals surface area contributed by atoms with Crippen LogP contribution < -0.4 is 0 Å². The average Bonchev–Trinajstić information content (AvgIpc) is 3.23. The van der Waals surface area contributed by atoms with Crippen LogP contribution in [-0.4, -0.2) is 41.1 Å². The molecule has 1 unspecified atom stereocenters. The van der Waals surface area contributed by atoms with Gasteiger partial charge in [-0.25, -0.2) is 9.67 Å². The molecular formula is C22H28N6O. The standard InChI is InChI=1S/C22H28N6O/c1-14(17-10-23-11-19-20(17)25-26-28(19)6-7-29)8-16-9-18(22(3,4)5)21-24-15(2)12-27(21)13-16/h9-14,29H,6-8H2,1-5H3. The molecule has 0 amide bonds. The summed E-state index contributed by atoms with van der Waals surface area (Å²) in [6, 6.07) is 2.29. The van der Waals surface area contributed by atoms with Gasteiger partial charge in [-0.2, -0.15) is 0 Å². The minimum atomic E-state index is 0.00680. The van der Waals surface area contributed by atoms with Gasteiger partial charge in [-0.05, 0) is 30.2 Å². The van der Waals surface area contributed by atoms with E-state index in [2.05, 4.69) is 65.9 Å². The molecule has 0 fully saturated rings. The summed E-state index contributed by atoms with van der Waals surface area (Å²) in [5.74, 6) is 0.223. The van der Waals surface area contributed by atoms with Crippen molar-refractivity contribution in [3.8, 4) is 0 Å². The lowest BCUT2D eigenvalue weighted by Gasteiger charge is -2.22. The van der Waals surface area contributed by atoms with Crippen molar-refractivity contribution in [1.82, 2.24) is 29.4 Å². The number of pyridine rings is 2. The number of aliphatic hydroxyl groups is 1. The summed E-state index contributed by atoms with van der Waals surface area (Å²) in [7, 11) is 0. The third kappa shape index (κ3) is 3.62. The number of aryl methyl sites for hydroxylation is 1. The number of rotatable bonds is 5. The van der Waals surface area contributed by atoms with Crippen molar-refractivity contribution in [2.45, 2.75) is 58.9 Å². The predicted molar refractivity (Wildman–Crippen MR) is 113 cm³/mol. The van der Waals surface area contributed by atoms with E-state index in [4.69, 9.17) is 4.98 Å². The summed E-state index contributed by atoms with van der Waals surface area (Å²) >= 11 is 0. The van der Waals surface area contributed by atoms with Crippen LogP contribution in [0.25, 0.3) is 16.7 Å². The molecule has 0 aliphatic carbocycles. The highest BCUT2D eigenvalue weighted by Gasteiger charge is 2.21. The quantitative estimate of drug-likeness (QED) is 0.563. The Labute approximate surface area is 170 Å². The maximum absolute atomic E-state index is 9.23. The minimum absolute atomic E-state index is 0.00680. The lowest BCUT2D eigenvalue weighted by molar-refractivity contribution is 0.270. The molecule has 1 atom stereocenters. The summed E-state index contributed by atoms with van der Waals surface area (Å²) in [5.41, 5.74) is 7.36. The highest BCUT2D eigenvalue weighted by molar-refractivity contribution is 5.77. The largest absolute Gasteiger partial charge is 0.394 e. The SMILES string of the molecule is Cc1cn2cc(CC(C)c3cncc4c3nnn4CCO)cc(C(C)(C)C)c2n1. The van der Waals surface area contributed by atoms with Crippen LogP contribution in [0, 0.1) is 6.92 Å². The molecule has 7 nitrogen and oxygen atoms in total. The zero-order chi connectivity index (χ0) is 20.8. The molecule has 0 radical (unpaired) electrons. The maximum atomic E-state index is 9.23. The van der Waals surface area contributed by atoms with Crippen LogP contribution in [0.4, 0.5) is 0 Å². The number of hydrogen-bond donors (Lipinski definition) is 1. The highest BCUT2D eigenvalue weighted by atomic mass is 16.3. The lowest BCUT2D eigenvalue weighted by Crippen LogP contribution is -2.14. The molecule has 0 spiro atoms. The Kier molecular flexibility index (Phi) is 4.86. The Hall–Kier alpha value is -2.80. The van der Waals surface area contributed by atoms with Crippen LogP contribution in [0.3, 0.4) is 0 Å². The van der Waals surface area contributed by atoms with E-state index in [1.807, 2.05) is 13.1 Å². The molecule has 4 aromatic rings. The van der Waals surface area contributed by atoms with Crippen molar-refractivity contribution in [3.05, 3.63) is 53.2 Å². The van der Waals surface area contributed by atoms with Gasteiger partial charge in [0.2, 0.25) is 0 Å². The van der Waals surface area contributed by atoms with E-state index in [9.17, 15) is 5.11 Å². The topological polar surface area (TPSA) is 81.1 Å². The Bertz CT molecular complexity index is 1170. The minimum Gasteiger partial charge on any atom is -0.394 e. The molecule has 152 valence electrons. The van der Waals surface area contributed by atoms with Gasteiger partial charge in [0.25, 0.3) is 0 Å². The van der Waals surface area contributed by atoms with Gasteiger partial charge >= 0.3 is 0 Å². The fourth-order valence-corrected chi connectivity index (χ4v) is 3.93. The van der Waals surface area contributed by atoms with Gasteiger partial charge in [-0.15, -0.1) is 5.10 Å². The average molecular weight is 393 g/mol. The van der Waals surface area contributed by atoms with E-state index < -0.39 is 0 Å². The summed E-state index contributed by atoms with van der Waals surface area (Å²) in [4.78, 5) is 9.13. The molecule has 0 aliphatic rings. The van der Waals surface area contributed by atoms with Gasteiger partial charge in [0, 0.05) is 29.7 Å². The van der Waals surface area contributed by atoms with Crippen molar-refractivity contribution in [2.24, 2.45) is 0 Å². The van der Waals surface area contributed by atoms with Crippen molar-refractivity contribution in [2.75, 3.05) is 6.61 Å². The predicted octanol–water partition coefficient (Wildman–Crippen LogP) is 3.42. The molecule has 4 rings (SSSR count). The first-order valence-corrected chi connectivity index (χ1v) is 10.0. The van der Waals surface area contributed by atoms with E-state index in [0.717, 1.165) is 34.4 Å². The van der Waals surface area contributed by atoms with Crippen molar-refractivity contribution in [1.29, 1.82) is 0 Å². The van der Waals surface area contributed by atoms with E-state index in [1.54, 1.807) is 10.9 Å². The van der Waals surface area contributed by atoms with Gasteiger partial charge in [-0.3, -0.25) is 4.98 Å². The molecule has 0 bridgehead atoms. The van der Waals surface area contributed by atoms with Crippen LogP contribution in [0.1, 0.15) is 56.0 Å². The van der Waals surface area contributed by atoms with Crippen LogP contribution in [0.5, 0.6) is 0 Å². The second kappa shape index (κ2) is 7.22. The first kappa shape index (κ1) is 19.5. The Morgan fingerprint density at radius 2 is 1.97 bits per heavy atom. The van der Waals surface area contributed by atoms with Gasteiger partial charge in [-0.1, -0.05) is 39.0 Å². The first-order chi connectivity index (χ1) is 13.8. The molecule has 1 N–H and O–H groups in total. The van der Waals surface area contributed by atoms with E-state index in [-0.39, 0.29) is 17.9 Å². The molecule has 7 heteroatoms. The molecule has 4 heterocycles. The number of imidazole rings is 1. The van der Waals surface area contributed by atoms with E-state index in [1.165, 1.54) is 11.1 Å². The third-order valence-corrected chi connectivity index (χ3v) is 5.38. The smallest absolute Gasteiger partial charge is 0.140 e. The molecule has 0 aromatic carbocycles. The molecular weight excluding hydrogens is 364 g/mol. The third-order valence-electron chi connectivity index (χ3n) is 5.38. The van der Waals surface area contributed by atoms with Crippen LogP contribution in [0.2, 0.25) is 0 Å². The number of aliphatic hydroxyl groups excluding tert-OH is 1. The second-order valence-electron chi connectivity index (χ2n) is 8.86. The van der Waals surface area contributed by atoms with E-state index >= 15 is 0 Å². The van der Waals surface area contributed by atoms with Gasteiger partial charge in [0.05, 0.1) is 25.0 Å². The summed E-state index contributed by atoms with van der Waals surface area (Å²) in [6.45, 7) is 11.3. The summed E-state index contributed by atoms with van der Waals surface area (Å²) in [6.07, 6.45) is 8.78. The summed E-state index contributed by atoms with van der Waals surface area (Å²) in [5, 5.41) is 17.8. The molecule has 29 heavy (non-hydrogen) atoms. The summed E-state index contributed by atoms with van der Waals surface area (Å²) < 4.78 is 3.85. The van der Waals surface area contributed by atoms with Gasteiger partial charge < -0.3 is 9.51 Å². The molecule has 4 aromatic heterocycles. The zero-order valence-electron chi connectivity index (χ0n) is 17.7. The Morgan fingerprint density at radius 1 is 1.17 bits per heavy atom. The molecule has 0 saturated heterocycles. The monoisotopic (exact) mass is 392 g/mol. The van der Waals surface area contributed by atoms with Crippen molar-refractivity contribution >= 4 is 16.7 Å². The number of fused-ring (bicyclic) bond motifs is 2. The first-order valence-electron chi connectivity index (χ1n) is 10.0. The van der Waals surface area contributed by atoms with Crippen LogP contribution in [-0.2, 0) is 18.4 Å². The van der Waals surface area contributed by atoms with E-state index in [0.29, 0.717) is 6.54 Å². The van der Waals surface area contributed by atoms with Gasteiger partial charge in [0.15, 0.2) is 0 Å². The maximum Gasteiger partial charge on any atom is 0.140 e. The second-order valence-corrected chi connectivity index (χ2v) is 8.86. The fraction of sp³-hybridized carbons (Fsp3) is 0.455. The van der Waals surface area contributed by atoms with Crippen molar-refractivity contribution in [3.63, 3.8) is 0 Å². The van der Waals surface area contributed by atoms with Crippen LogP contribution >= 0.6 is 0 Å². The molecule has 0 saturated carbocycles. The van der Waals surface area contributed by atoms with Crippen LogP contribution in [0.15, 0.2) is 30.9 Å². The van der Waals surface area contributed by atoms with Crippen molar-refractivity contribution < 1.29 is 5.11 Å². The lowest BCUT2D eigenvalue weighted by atomic mass is 9.85. The highest BCUT2D eigenvalue weighted by Crippen LogP contribution is 2.30. The zero-order valence-corrected chi connectivity index (χ0v) is 17.7. The number of aromatic nitrogens is 6. The fourth-order valence-electron chi connectivity index (χ4n) is 3.93. The number of hydrogen-bond acceptors (Lipinski definition) is 5. The number of nitrogens with zero attached hydrogens (tertiary/aromatic N) is 6.